The van der Waals surface area contributed by atoms with Gasteiger partial charge in [-0.25, -0.2) is 0 Å². The Morgan fingerprint density at radius 3 is 1.76 bits per heavy atom. The van der Waals surface area contributed by atoms with Gasteiger partial charge in [-0.3, -0.25) is 4.99 Å². The van der Waals surface area contributed by atoms with Crippen molar-refractivity contribution in [2.45, 2.75) is 13.8 Å². The number of allylic oxidation sites excluding steroid dienone is 1. The molecule has 0 heterocycles. The Morgan fingerprint density at radius 1 is 0.828 bits per heavy atom. The number of aliphatic imine (C=N–C) groups is 1. The van der Waals surface area contributed by atoms with Crippen molar-refractivity contribution >= 4 is 29.2 Å². The molecule has 0 bridgehead atoms. The van der Waals surface area contributed by atoms with E-state index in [4.69, 9.17) is 4.99 Å². The molecule has 3 aromatic carbocycles. The van der Waals surface area contributed by atoms with E-state index in [1.165, 1.54) is 5.56 Å². The minimum Gasteiger partial charge on any atom is -0.383 e. The minimum absolute atomic E-state index is 0.737. The van der Waals surface area contributed by atoms with Crippen molar-refractivity contribution in [1.82, 2.24) is 4.90 Å². The molecule has 0 saturated carbocycles. The fourth-order valence-electron chi connectivity index (χ4n) is 3.22. The SMILES string of the molecule is CC(=Nc1ccc(C)cc1)/C(=C/N(C)C)P(=O)(c1ccccc1)c1ccccc1. The highest BCUT2D eigenvalue weighted by Crippen LogP contribution is 2.52. The van der Waals surface area contributed by atoms with Crippen LogP contribution in [-0.4, -0.2) is 24.7 Å². The largest absolute Gasteiger partial charge is 0.383 e. The summed E-state index contributed by atoms with van der Waals surface area (Å²) in [5.74, 6) is 0. The van der Waals surface area contributed by atoms with Gasteiger partial charge in [-0.1, -0.05) is 78.4 Å². The number of benzene rings is 3. The highest BCUT2D eigenvalue weighted by Gasteiger charge is 2.33. The first kappa shape index (κ1) is 20.8. The van der Waals surface area contributed by atoms with Crippen LogP contribution in [0.15, 0.2) is 101 Å². The Hall–Kier alpha value is -2.90. The van der Waals surface area contributed by atoms with Crippen LogP contribution in [-0.2, 0) is 4.57 Å². The molecule has 0 N–H and O–H groups in total. The highest BCUT2D eigenvalue weighted by atomic mass is 31.2. The summed E-state index contributed by atoms with van der Waals surface area (Å²) in [4.78, 5) is 6.75. The smallest absolute Gasteiger partial charge is 0.174 e. The summed E-state index contributed by atoms with van der Waals surface area (Å²) in [6.07, 6.45) is 1.94. The van der Waals surface area contributed by atoms with Crippen LogP contribution in [0, 0.1) is 6.92 Å². The second-order valence-corrected chi connectivity index (χ2v) is 10.0. The van der Waals surface area contributed by atoms with Crippen LogP contribution in [0.25, 0.3) is 0 Å². The van der Waals surface area contributed by atoms with Gasteiger partial charge in [-0.05, 0) is 26.0 Å². The van der Waals surface area contributed by atoms with Gasteiger partial charge in [-0.15, -0.1) is 0 Å². The van der Waals surface area contributed by atoms with Crippen molar-refractivity contribution in [3.05, 3.63) is 102 Å². The van der Waals surface area contributed by atoms with E-state index in [9.17, 15) is 4.57 Å². The van der Waals surface area contributed by atoms with E-state index in [1.807, 2.05) is 117 Å². The zero-order chi connectivity index (χ0) is 20.9. The summed E-state index contributed by atoms with van der Waals surface area (Å²) in [5.41, 5.74) is 2.79. The maximum Gasteiger partial charge on any atom is 0.174 e. The van der Waals surface area contributed by atoms with Gasteiger partial charge < -0.3 is 9.46 Å². The summed E-state index contributed by atoms with van der Waals surface area (Å²) in [5, 5.41) is 2.34. The number of nitrogens with zero attached hydrogens (tertiary/aromatic N) is 2. The van der Waals surface area contributed by atoms with Crippen molar-refractivity contribution in [2.75, 3.05) is 14.1 Å². The van der Waals surface area contributed by atoms with Crippen molar-refractivity contribution < 1.29 is 4.57 Å². The van der Waals surface area contributed by atoms with Gasteiger partial charge in [0.1, 0.15) is 0 Å². The Kier molecular flexibility index (Phi) is 6.51. The third-order valence-corrected chi connectivity index (χ3v) is 7.83. The normalized spacial score (nSPS) is 12.7. The Bertz CT molecular complexity index is 1010. The average molecular weight is 402 g/mol. The molecular formula is C25H27N2OP. The second kappa shape index (κ2) is 9.07. The standard InChI is InChI=1S/C25H27N2OP/c1-20-15-17-22(18-16-20)26-21(2)25(19-27(3)4)29(28,23-11-7-5-8-12-23)24-13-9-6-10-14-24/h5-19H,1-4H3/b25-19-,26-21?. The lowest BCUT2D eigenvalue weighted by molar-refractivity contribution is 0.560. The van der Waals surface area contributed by atoms with Crippen molar-refractivity contribution in [2.24, 2.45) is 4.99 Å². The Morgan fingerprint density at radius 2 is 1.31 bits per heavy atom. The van der Waals surface area contributed by atoms with Crippen LogP contribution in [0.5, 0.6) is 0 Å². The number of rotatable bonds is 6. The predicted octanol–water partition coefficient (Wildman–Crippen LogP) is 5.50. The molecule has 0 radical (unpaired) electrons. The Balaban J connectivity index is 2.23. The lowest BCUT2D eigenvalue weighted by atomic mass is 10.2. The quantitative estimate of drug-likeness (QED) is 0.403. The molecule has 0 spiro atoms. The van der Waals surface area contributed by atoms with Crippen molar-refractivity contribution in [3.63, 3.8) is 0 Å². The van der Waals surface area contributed by atoms with Crippen LogP contribution in [0.3, 0.4) is 0 Å². The monoisotopic (exact) mass is 402 g/mol. The fraction of sp³-hybridized carbons (Fsp3) is 0.160. The minimum atomic E-state index is -3.10. The molecule has 0 fully saturated rings. The summed E-state index contributed by atoms with van der Waals surface area (Å²) < 4.78 is 14.8. The lowest BCUT2D eigenvalue weighted by Gasteiger charge is -2.24. The first-order valence-electron chi connectivity index (χ1n) is 9.63. The molecule has 0 aromatic heterocycles. The summed E-state index contributed by atoms with van der Waals surface area (Å²) in [7, 11) is 0.786. The molecule has 3 aromatic rings. The highest BCUT2D eigenvalue weighted by molar-refractivity contribution is 7.83. The van der Waals surface area contributed by atoms with Gasteiger partial charge >= 0.3 is 0 Å². The van der Waals surface area contributed by atoms with Gasteiger partial charge in [0, 0.05) is 30.9 Å². The van der Waals surface area contributed by atoms with Gasteiger partial charge in [-0.2, -0.15) is 0 Å². The molecule has 0 aliphatic heterocycles. The molecule has 148 valence electrons. The van der Waals surface area contributed by atoms with E-state index in [-0.39, 0.29) is 0 Å². The van der Waals surface area contributed by atoms with Gasteiger partial charge in [0.15, 0.2) is 7.14 Å². The van der Waals surface area contributed by atoms with Crippen molar-refractivity contribution in [1.29, 1.82) is 0 Å². The molecule has 0 aliphatic carbocycles. The third kappa shape index (κ3) is 4.75. The Labute approximate surface area is 173 Å². The summed E-state index contributed by atoms with van der Waals surface area (Å²) >= 11 is 0. The molecule has 3 nitrogen and oxygen atoms in total. The average Bonchev–Trinajstić information content (AvgIpc) is 2.74. The third-order valence-electron chi connectivity index (χ3n) is 4.66. The molecule has 0 amide bonds. The summed E-state index contributed by atoms with van der Waals surface area (Å²) in [6, 6.07) is 27.4. The van der Waals surface area contributed by atoms with Gasteiger partial charge in [0.05, 0.1) is 16.7 Å². The van der Waals surface area contributed by atoms with E-state index in [2.05, 4.69) is 6.92 Å². The first-order chi connectivity index (χ1) is 13.9. The number of hydrogen-bond donors (Lipinski definition) is 0. The maximum atomic E-state index is 14.8. The van der Waals surface area contributed by atoms with Crippen molar-refractivity contribution in [3.8, 4) is 0 Å². The first-order valence-corrected chi connectivity index (χ1v) is 11.3. The lowest BCUT2D eigenvalue weighted by Crippen LogP contribution is -2.21. The molecule has 29 heavy (non-hydrogen) atoms. The van der Waals surface area contributed by atoms with Crippen LogP contribution in [0.2, 0.25) is 0 Å². The topological polar surface area (TPSA) is 32.7 Å². The number of hydrogen-bond acceptors (Lipinski definition) is 3. The second-order valence-electron chi connectivity index (χ2n) is 7.29. The van der Waals surface area contributed by atoms with Gasteiger partial charge in [0.2, 0.25) is 0 Å². The zero-order valence-corrected chi connectivity index (χ0v) is 18.3. The van der Waals surface area contributed by atoms with E-state index in [0.717, 1.165) is 27.3 Å². The van der Waals surface area contributed by atoms with E-state index >= 15 is 0 Å². The van der Waals surface area contributed by atoms with Crippen LogP contribution < -0.4 is 10.6 Å². The zero-order valence-electron chi connectivity index (χ0n) is 17.4. The molecule has 0 aliphatic rings. The molecular weight excluding hydrogens is 375 g/mol. The van der Waals surface area contributed by atoms with Crippen LogP contribution in [0.1, 0.15) is 12.5 Å². The number of aryl methyl sites for hydroxylation is 1. The predicted molar refractivity (Wildman–Crippen MR) is 125 cm³/mol. The molecule has 0 saturated heterocycles. The van der Waals surface area contributed by atoms with E-state index < -0.39 is 7.14 Å². The van der Waals surface area contributed by atoms with Gasteiger partial charge in [0.25, 0.3) is 0 Å². The van der Waals surface area contributed by atoms with Crippen LogP contribution in [0.4, 0.5) is 5.69 Å². The van der Waals surface area contributed by atoms with E-state index in [0.29, 0.717) is 0 Å². The summed E-state index contributed by atoms with van der Waals surface area (Å²) in [6.45, 7) is 3.99. The molecule has 0 unspecified atom stereocenters. The maximum absolute atomic E-state index is 14.8. The fourth-order valence-corrected chi connectivity index (χ4v) is 6.16. The molecule has 3 rings (SSSR count). The molecule has 4 heteroatoms. The van der Waals surface area contributed by atoms with E-state index in [1.54, 1.807) is 0 Å². The van der Waals surface area contributed by atoms with Crippen LogP contribution >= 0.6 is 7.14 Å². The molecule has 0 atom stereocenters.